The molecule has 0 aliphatic carbocycles. The van der Waals surface area contributed by atoms with E-state index in [2.05, 4.69) is 41.9 Å². The number of carbonyl (C=O) groups excluding carboxylic acids is 1. The number of hydrogen-bond donors (Lipinski definition) is 0. The number of amides is 1. The molecule has 1 spiro atoms. The number of carbonyl (C=O) groups is 1. The molecular weight excluding hydrogens is 472 g/mol. The van der Waals surface area contributed by atoms with Crippen LogP contribution in [0.3, 0.4) is 0 Å². The number of piperazine rings is 1. The molecule has 2 fully saturated rings. The number of hydrogen-bond acceptors (Lipinski definition) is 5. The summed E-state index contributed by atoms with van der Waals surface area (Å²) in [5.41, 5.74) is 5.40. The summed E-state index contributed by atoms with van der Waals surface area (Å²) in [6.45, 7) is 10.8. The van der Waals surface area contributed by atoms with Gasteiger partial charge in [0.2, 0.25) is 10.0 Å². The highest BCUT2D eigenvalue weighted by molar-refractivity contribution is 7.89. The molecule has 5 rings (SSSR count). The van der Waals surface area contributed by atoms with Crippen LogP contribution in [0, 0.1) is 26.2 Å². The van der Waals surface area contributed by atoms with E-state index in [0.29, 0.717) is 49.8 Å². The minimum absolute atomic E-state index is 0.0573. The van der Waals surface area contributed by atoms with Crippen molar-refractivity contribution in [3.8, 4) is 0 Å². The molecule has 0 unspecified atom stereocenters. The third-order valence-corrected chi connectivity index (χ3v) is 10.0. The first kappa shape index (κ1) is 25.0. The molecule has 0 saturated carbocycles. The molecule has 0 aromatic heterocycles. The highest BCUT2D eigenvalue weighted by Crippen LogP contribution is 2.41. The molecule has 0 radical (unpaired) electrons. The molecule has 192 valence electrons. The quantitative estimate of drug-likeness (QED) is 0.633. The minimum Gasteiger partial charge on any atom is -0.368 e. The predicted molar refractivity (Wildman–Crippen MR) is 143 cm³/mol. The first-order chi connectivity index (χ1) is 17.2. The maximum absolute atomic E-state index is 13.3. The lowest BCUT2D eigenvalue weighted by molar-refractivity contribution is -0.124. The second-order valence-corrected chi connectivity index (χ2v) is 12.7. The fraction of sp³-hybridized carbons (Fsp3) is 0.500. The van der Waals surface area contributed by atoms with E-state index in [0.717, 1.165) is 31.5 Å². The zero-order chi connectivity index (χ0) is 25.5. The molecule has 2 aromatic rings. The summed E-state index contributed by atoms with van der Waals surface area (Å²) in [5, 5.41) is 0. The Labute approximate surface area is 214 Å². The summed E-state index contributed by atoms with van der Waals surface area (Å²) in [6.07, 6.45) is 2.12. The van der Waals surface area contributed by atoms with E-state index in [9.17, 15) is 13.2 Å². The Hall–Kier alpha value is -2.71. The molecule has 3 aliphatic heterocycles. The first-order valence-corrected chi connectivity index (χ1v) is 14.3. The predicted octanol–water partition coefficient (Wildman–Crippen LogP) is 3.58. The third kappa shape index (κ3) is 4.81. The number of aryl methyl sites for hydroxylation is 3. The zero-order valence-corrected chi connectivity index (χ0v) is 22.4. The number of anilines is 1. The molecule has 0 N–H and O–H groups in total. The Bertz CT molecular complexity index is 1270. The van der Waals surface area contributed by atoms with Gasteiger partial charge < -0.3 is 9.80 Å². The van der Waals surface area contributed by atoms with Gasteiger partial charge in [-0.1, -0.05) is 35.4 Å². The topological polar surface area (TPSA) is 73.3 Å². The Morgan fingerprint density at radius 3 is 2.14 bits per heavy atom. The number of benzene rings is 2. The van der Waals surface area contributed by atoms with E-state index in [1.165, 1.54) is 16.8 Å². The molecule has 7 nitrogen and oxygen atoms in total. The monoisotopic (exact) mass is 508 g/mol. The SMILES string of the molecule is Cc1ccc(S(=O)(=O)N2CCC3(CC2)CN=C(C(=O)N2CCN(c4ccc(C)cc4C)CC2)C3)cc1. The van der Waals surface area contributed by atoms with E-state index < -0.39 is 10.0 Å². The molecule has 3 heterocycles. The maximum atomic E-state index is 13.3. The summed E-state index contributed by atoms with van der Waals surface area (Å²) >= 11 is 0. The van der Waals surface area contributed by atoms with Gasteiger partial charge in [-0.2, -0.15) is 4.31 Å². The third-order valence-electron chi connectivity index (χ3n) is 8.10. The van der Waals surface area contributed by atoms with Crippen LogP contribution in [0.1, 0.15) is 36.0 Å². The minimum atomic E-state index is -3.49. The van der Waals surface area contributed by atoms with Gasteiger partial charge in [0.25, 0.3) is 5.91 Å². The van der Waals surface area contributed by atoms with Crippen LogP contribution in [0.25, 0.3) is 0 Å². The smallest absolute Gasteiger partial charge is 0.267 e. The van der Waals surface area contributed by atoms with E-state index in [4.69, 9.17) is 0 Å². The van der Waals surface area contributed by atoms with Gasteiger partial charge in [-0.05, 0) is 62.8 Å². The van der Waals surface area contributed by atoms with Crippen molar-refractivity contribution < 1.29 is 13.2 Å². The average molecular weight is 509 g/mol. The summed E-state index contributed by atoms with van der Waals surface area (Å²) in [5.74, 6) is 0.0573. The maximum Gasteiger partial charge on any atom is 0.267 e. The molecule has 2 aromatic carbocycles. The van der Waals surface area contributed by atoms with Crippen molar-refractivity contribution in [1.82, 2.24) is 9.21 Å². The van der Waals surface area contributed by atoms with E-state index in [-0.39, 0.29) is 11.3 Å². The fourth-order valence-electron chi connectivity index (χ4n) is 5.76. The normalized spacial score (nSPS) is 20.6. The van der Waals surface area contributed by atoms with Crippen LogP contribution in [0.2, 0.25) is 0 Å². The Morgan fingerprint density at radius 1 is 0.861 bits per heavy atom. The lowest BCUT2D eigenvalue weighted by atomic mass is 9.77. The molecule has 8 heteroatoms. The summed E-state index contributed by atoms with van der Waals surface area (Å²) < 4.78 is 27.8. The molecule has 0 atom stereocenters. The molecule has 36 heavy (non-hydrogen) atoms. The van der Waals surface area contributed by atoms with Gasteiger partial charge in [0.1, 0.15) is 5.71 Å². The van der Waals surface area contributed by atoms with Crippen molar-refractivity contribution >= 4 is 27.3 Å². The van der Waals surface area contributed by atoms with Crippen molar-refractivity contribution in [3.63, 3.8) is 0 Å². The molecule has 0 bridgehead atoms. The van der Waals surface area contributed by atoms with Gasteiger partial charge in [-0.25, -0.2) is 8.42 Å². The number of piperidine rings is 1. The molecule has 1 amide bonds. The fourth-order valence-corrected chi connectivity index (χ4v) is 7.20. The van der Waals surface area contributed by atoms with Gasteiger partial charge in [0.15, 0.2) is 0 Å². The number of rotatable bonds is 4. The Balaban J connectivity index is 1.15. The van der Waals surface area contributed by atoms with Gasteiger partial charge in [0.05, 0.1) is 4.90 Å². The van der Waals surface area contributed by atoms with E-state index in [1.807, 2.05) is 24.0 Å². The Morgan fingerprint density at radius 2 is 1.50 bits per heavy atom. The highest BCUT2D eigenvalue weighted by atomic mass is 32.2. The standard InChI is InChI=1S/C28H36N4O3S/c1-21-4-7-24(8-5-21)36(34,35)32-12-10-28(11-13-32)19-25(29-20-28)27(33)31-16-14-30(15-17-31)26-9-6-22(2)18-23(26)3/h4-9,18H,10-17,19-20H2,1-3H3. The Kier molecular flexibility index (Phi) is 6.68. The van der Waals surface area contributed by atoms with Gasteiger partial charge in [0, 0.05) is 57.9 Å². The molecule has 3 aliphatic rings. The zero-order valence-electron chi connectivity index (χ0n) is 21.5. The average Bonchev–Trinajstić information content (AvgIpc) is 3.27. The van der Waals surface area contributed by atoms with E-state index in [1.54, 1.807) is 16.4 Å². The summed E-state index contributed by atoms with van der Waals surface area (Å²) in [7, 11) is -3.49. The van der Waals surface area contributed by atoms with Crippen molar-refractivity contribution in [2.24, 2.45) is 10.4 Å². The van der Waals surface area contributed by atoms with Crippen LogP contribution in [0.15, 0.2) is 52.4 Å². The molecule has 2 saturated heterocycles. The van der Waals surface area contributed by atoms with E-state index >= 15 is 0 Å². The van der Waals surface area contributed by atoms with Crippen molar-refractivity contribution in [2.45, 2.75) is 44.9 Å². The second-order valence-electron chi connectivity index (χ2n) is 10.7. The van der Waals surface area contributed by atoms with Crippen molar-refractivity contribution in [3.05, 3.63) is 59.2 Å². The summed E-state index contributed by atoms with van der Waals surface area (Å²) in [4.78, 5) is 22.6. The van der Waals surface area contributed by atoms with Gasteiger partial charge in [-0.15, -0.1) is 0 Å². The molecular formula is C28H36N4O3S. The van der Waals surface area contributed by atoms with Gasteiger partial charge >= 0.3 is 0 Å². The second kappa shape index (κ2) is 9.63. The number of nitrogens with zero attached hydrogens (tertiary/aromatic N) is 4. The number of sulfonamides is 1. The number of aliphatic imine (C=N–C) groups is 1. The van der Waals surface area contributed by atoms with Gasteiger partial charge in [-0.3, -0.25) is 9.79 Å². The first-order valence-electron chi connectivity index (χ1n) is 12.9. The largest absolute Gasteiger partial charge is 0.368 e. The highest BCUT2D eigenvalue weighted by Gasteiger charge is 2.43. The lowest BCUT2D eigenvalue weighted by Gasteiger charge is -2.39. The van der Waals surface area contributed by atoms with Crippen LogP contribution in [-0.2, 0) is 14.8 Å². The van der Waals surface area contributed by atoms with Crippen molar-refractivity contribution in [1.29, 1.82) is 0 Å². The van der Waals surface area contributed by atoms with Crippen LogP contribution >= 0.6 is 0 Å². The van der Waals surface area contributed by atoms with Crippen LogP contribution in [-0.4, -0.2) is 75.1 Å². The van der Waals surface area contributed by atoms with Crippen LogP contribution in [0.5, 0.6) is 0 Å². The van der Waals surface area contributed by atoms with Crippen LogP contribution < -0.4 is 4.90 Å². The van der Waals surface area contributed by atoms with Crippen molar-refractivity contribution in [2.75, 3.05) is 50.7 Å². The summed E-state index contributed by atoms with van der Waals surface area (Å²) in [6, 6.07) is 13.6. The lowest BCUT2D eigenvalue weighted by Crippen LogP contribution is -2.51. The van der Waals surface area contributed by atoms with Crippen LogP contribution in [0.4, 0.5) is 5.69 Å².